The molecule has 0 saturated carbocycles. The maximum absolute atomic E-state index is 13.0. The van der Waals surface area contributed by atoms with Crippen LogP contribution in [0.1, 0.15) is 24.7 Å². The fourth-order valence-electron chi connectivity index (χ4n) is 2.69. The Morgan fingerprint density at radius 2 is 2.08 bits per heavy atom. The van der Waals surface area contributed by atoms with E-state index < -0.39 is 0 Å². The number of hydrogen-bond acceptors (Lipinski definition) is 5. The highest BCUT2D eigenvalue weighted by Gasteiger charge is 2.27. The number of amides is 1. The number of halogens is 1. The molecule has 1 fully saturated rings. The number of azide groups is 1. The van der Waals surface area contributed by atoms with Crippen molar-refractivity contribution in [3.63, 3.8) is 0 Å². The van der Waals surface area contributed by atoms with Crippen LogP contribution in [0.3, 0.4) is 0 Å². The van der Waals surface area contributed by atoms with Crippen LogP contribution in [0.25, 0.3) is 21.8 Å². The lowest BCUT2D eigenvalue weighted by Gasteiger charge is -2.30. The standard InChI is InChI=1S/C15H15FN6O2/c16-12-3-1-10(2-4-12)14-19-15(24-20-14)11-5-7-22(8-6-11)13(23)9-18-21-17/h1-4,11H,5-9H2. The SMILES string of the molecule is [N-]=[N+]=NCC(=O)N1CCC(c2nc(-c3ccc(F)cc3)no2)CC1. The van der Waals surface area contributed by atoms with Crippen molar-refractivity contribution in [2.24, 2.45) is 5.11 Å². The summed E-state index contributed by atoms with van der Waals surface area (Å²) in [4.78, 5) is 20.4. The van der Waals surface area contributed by atoms with Crippen LogP contribution in [0.4, 0.5) is 4.39 Å². The van der Waals surface area contributed by atoms with E-state index in [2.05, 4.69) is 20.2 Å². The Morgan fingerprint density at radius 1 is 1.38 bits per heavy atom. The van der Waals surface area contributed by atoms with Gasteiger partial charge in [-0.15, -0.1) is 0 Å². The normalized spacial score (nSPS) is 15.1. The van der Waals surface area contributed by atoms with E-state index in [1.807, 2.05) is 0 Å². The minimum Gasteiger partial charge on any atom is -0.343 e. The number of nitrogens with zero attached hydrogens (tertiary/aromatic N) is 6. The topological polar surface area (TPSA) is 108 Å². The molecule has 0 N–H and O–H groups in total. The van der Waals surface area contributed by atoms with Gasteiger partial charge in [0.15, 0.2) is 0 Å². The Hall–Kier alpha value is -2.93. The Bertz CT molecular complexity index is 761. The molecule has 8 nitrogen and oxygen atoms in total. The van der Waals surface area contributed by atoms with Crippen LogP contribution in [-0.4, -0.2) is 40.6 Å². The van der Waals surface area contributed by atoms with Gasteiger partial charge in [0.1, 0.15) is 12.4 Å². The van der Waals surface area contributed by atoms with Crippen LogP contribution in [0, 0.1) is 5.82 Å². The van der Waals surface area contributed by atoms with Gasteiger partial charge in [-0.25, -0.2) is 4.39 Å². The molecule has 0 atom stereocenters. The van der Waals surface area contributed by atoms with Crippen LogP contribution in [0.2, 0.25) is 0 Å². The lowest BCUT2D eigenvalue weighted by molar-refractivity contribution is -0.130. The maximum Gasteiger partial charge on any atom is 0.230 e. The van der Waals surface area contributed by atoms with Crippen molar-refractivity contribution in [2.75, 3.05) is 19.6 Å². The summed E-state index contributed by atoms with van der Waals surface area (Å²) in [7, 11) is 0. The highest BCUT2D eigenvalue weighted by molar-refractivity contribution is 5.78. The van der Waals surface area contributed by atoms with Gasteiger partial charge in [-0.3, -0.25) is 4.79 Å². The van der Waals surface area contributed by atoms with Crippen LogP contribution in [-0.2, 0) is 4.79 Å². The lowest BCUT2D eigenvalue weighted by Crippen LogP contribution is -2.39. The molecule has 0 unspecified atom stereocenters. The second-order valence-corrected chi connectivity index (χ2v) is 5.51. The molecule has 0 radical (unpaired) electrons. The molecule has 0 aliphatic carbocycles. The zero-order valence-electron chi connectivity index (χ0n) is 12.8. The van der Waals surface area contributed by atoms with Gasteiger partial charge < -0.3 is 9.42 Å². The van der Waals surface area contributed by atoms with Gasteiger partial charge in [0.25, 0.3) is 0 Å². The quantitative estimate of drug-likeness (QED) is 0.488. The van der Waals surface area contributed by atoms with Gasteiger partial charge in [-0.05, 0) is 42.6 Å². The third-order valence-corrected chi connectivity index (χ3v) is 4.01. The molecule has 1 aromatic carbocycles. The second-order valence-electron chi connectivity index (χ2n) is 5.51. The molecule has 1 amide bonds. The van der Waals surface area contributed by atoms with Crippen LogP contribution in [0.5, 0.6) is 0 Å². The minimum absolute atomic E-state index is 0.0789. The van der Waals surface area contributed by atoms with E-state index in [1.54, 1.807) is 17.0 Å². The molecule has 1 aliphatic heterocycles. The third-order valence-electron chi connectivity index (χ3n) is 4.01. The summed E-state index contributed by atoms with van der Waals surface area (Å²) in [5, 5.41) is 7.23. The molecule has 0 spiro atoms. The first-order chi connectivity index (χ1) is 11.7. The van der Waals surface area contributed by atoms with Gasteiger partial charge in [-0.1, -0.05) is 10.3 Å². The fourth-order valence-corrected chi connectivity index (χ4v) is 2.69. The summed E-state index contributed by atoms with van der Waals surface area (Å²) in [6.07, 6.45) is 1.40. The number of carbonyl (C=O) groups excluding carboxylic acids is 1. The average Bonchev–Trinajstić information content (AvgIpc) is 3.10. The monoisotopic (exact) mass is 330 g/mol. The Morgan fingerprint density at radius 3 is 2.75 bits per heavy atom. The van der Waals surface area contributed by atoms with Crippen molar-refractivity contribution >= 4 is 5.91 Å². The summed E-state index contributed by atoms with van der Waals surface area (Å²) in [5.74, 6) is 0.530. The molecule has 1 saturated heterocycles. The number of rotatable bonds is 4. The first-order valence-electron chi connectivity index (χ1n) is 7.55. The van der Waals surface area contributed by atoms with E-state index in [9.17, 15) is 9.18 Å². The summed E-state index contributed by atoms with van der Waals surface area (Å²) in [5.41, 5.74) is 8.94. The predicted octanol–water partition coefficient (Wildman–Crippen LogP) is 2.89. The summed E-state index contributed by atoms with van der Waals surface area (Å²) >= 11 is 0. The molecule has 1 aromatic heterocycles. The highest BCUT2D eigenvalue weighted by Crippen LogP contribution is 2.28. The molecule has 124 valence electrons. The third kappa shape index (κ3) is 3.52. The largest absolute Gasteiger partial charge is 0.343 e. The van der Waals surface area contributed by atoms with Crippen molar-refractivity contribution in [1.82, 2.24) is 15.0 Å². The van der Waals surface area contributed by atoms with Gasteiger partial charge in [0.2, 0.25) is 17.6 Å². The number of likely N-dealkylation sites (tertiary alicyclic amines) is 1. The Kier molecular flexibility index (Phi) is 4.72. The van der Waals surface area contributed by atoms with E-state index in [0.29, 0.717) is 43.2 Å². The zero-order chi connectivity index (χ0) is 16.9. The van der Waals surface area contributed by atoms with Crippen molar-refractivity contribution in [1.29, 1.82) is 0 Å². The van der Waals surface area contributed by atoms with Gasteiger partial charge in [0, 0.05) is 29.5 Å². The Balaban J connectivity index is 1.62. The highest BCUT2D eigenvalue weighted by atomic mass is 19.1. The fraction of sp³-hybridized carbons (Fsp3) is 0.400. The first-order valence-corrected chi connectivity index (χ1v) is 7.55. The van der Waals surface area contributed by atoms with E-state index >= 15 is 0 Å². The molecule has 9 heteroatoms. The molecule has 0 bridgehead atoms. The summed E-state index contributed by atoms with van der Waals surface area (Å²) < 4.78 is 18.3. The zero-order valence-corrected chi connectivity index (χ0v) is 12.8. The van der Waals surface area contributed by atoms with Gasteiger partial charge in [0.05, 0.1) is 0 Å². The second kappa shape index (κ2) is 7.10. The molecule has 1 aliphatic rings. The number of benzene rings is 1. The predicted molar refractivity (Wildman–Crippen MR) is 82.3 cm³/mol. The van der Waals surface area contributed by atoms with Gasteiger partial charge in [-0.2, -0.15) is 4.98 Å². The molecule has 24 heavy (non-hydrogen) atoms. The van der Waals surface area contributed by atoms with Crippen molar-refractivity contribution in [3.05, 3.63) is 46.4 Å². The number of hydrogen-bond donors (Lipinski definition) is 0. The molecular weight excluding hydrogens is 315 g/mol. The van der Waals surface area contributed by atoms with Crippen molar-refractivity contribution in [2.45, 2.75) is 18.8 Å². The van der Waals surface area contributed by atoms with Gasteiger partial charge >= 0.3 is 0 Å². The molecular formula is C15H15FN6O2. The summed E-state index contributed by atoms with van der Waals surface area (Å²) in [6.45, 7) is 0.952. The van der Waals surface area contributed by atoms with Crippen LogP contribution < -0.4 is 0 Å². The minimum atomic E-state index is -0.319. The number of piperidine rings is 1. The molecule has 3 rings (SSSR count). The lowest BCUT2D eigenvalue weighted by atomic mass is 9.96. The van der Waals surface area contributed by atoms with Crippen LogP contribution >= 0.6 is 0 Å². The number of carbonyl (C=O) groups is 1. The maximum atomic E-state index is 13.0. The molecule has 2 aromatic rings. The smallest absolute Gasteiger partial charge is 0.230 e. The van der Waals surface area contributed by atoms with E-state index in [0.717, 1.165) is 0 Å². The van der Waals surface area contributed by atoms with Crippen LogP contribution in [0.15, 0.2) is 33.9 Å². The van der Waals surface area contributed by atoms with Crippen molar-refractivity contribution in [3.8, 4) is 11.4 Å². The summed E-state index contributed by atoms with van der Waals surface area (Å²) in [6, 6.07) is 5.89. The average molecular weight is 330 g/mol. The van der Waals surface area contributed by atoms with E-state index in [-0.39, 0.29) is 24.2 Å². The number of aromatic nitrogens is 2. The molecule has 2 heterocycles. The Labute approximate surface area is 136 Å². The van der Waals surface area contributed by atoms with E-state index in [1.165, 1.54) is 12.1 Å². The first kappa shape index (κ1) is 15.9. The van der Waals surface area contributed by atoms with Crippen molar-refractivity contribution < 1.29 is 13.7 Å². The van der Waals surface area contributed by atoms with E-state index in [4.69, 9.17) is 10.1 Å².